The average molecular weight is 691 g/mol. The second kappa shape index (κ2) is 12.8. The van der Waals surface area contributed by atoms with E-state index in [2.05, 4.69) is 194 Å². The van der Waals surface area contributed by atoms with Crippen molar-refractivity contribution in [2.75, 3.05) is 0 Å². The van der Waals surface area contributed by atoms with E-state index in [9.17, 15) is 0 Å². The van der Waals surface area contributed by atoms with Gasteiger partial charge in [-0.15, -0.1) is 0 Å². The molecule has 0 saturated heterocycles. The van der Waals surface area contributed by atoms with Gasteiger partial charge in [0.05, 0.1) is 0 Å². The highest BCUT2D eigenvalue weighted by molar-refractivity contribution is 6.05. The van der Waals surface area contributed by atoms with Gasteiger partial charge in [0.1, 0.15) is 5.66 Å². The highest BCUT2D eigenvalue weighted by atomic mass is 15.0. The maximum Gasteiger partial charge on any atom is 0.110 e. The van der Waals surface area contributed by atoms with Crippen molar-refractivity contribution in [3.8, 4) is 22.3 Å². The normalized spacial score (nSPS) is 15.4. The van der Waals surface area contributed by atoms with Crippen LogP contribution in [0.15, 0.2) is 200 Å². The Morgan fingerprint density at radius 2 is 0.796 bits per heavy atom. The summed E-state index contributed by atoms with van der Waals surface area (Å²) in [6.45, 7) is 0. The fraction of sp³-hybridized carbons (Fsp3) is 0.0385. The minimum atomic E-state index is -1.21. The fourth-order valence-electron chi connectivity index (χ4n) is 8.61. The van der Waals surface area contributed by atoms with Crippen LogP contribution in [0.1, 0.15) is 22.6 Å². The van der Waals surface area contributed by atoms with Crippen LogP contribution in [0.2, 0.25) is 0 Å². The van der Waals surface area contributed by atoms with Crippen molar-refractivity contribution in [3.63, 3.8) is 0 Å². The summed E-state index contributed by atoms with van der Waals surface area (Å²) in [7, 11) is 0. The van der Waals surface area contributed by atoms with Gasteiger partial charge in [0.15, 0.2) is 0 Å². The summed E-state index contributed by atoms with van der Waals surface area (Å²) >= 11 is 0. The molecular weight excluding hydrogens is 653 g/mol. The zero-order valence-corrected chi connectivity index (χ0v) is 29.8. The molecule has 2 heteroatoms. The first kappa shape index (κ1) is 32.1. The van der Waals surface area contributed by atoms with Gasteiger partial charge in [-0.25, -0.2) is 0 Å². The number of hydrogen-bond acceptors (Lipinski definition) is 2. The number of benzene rings is 9. The molecule has 1 aliphatic carbocycles. The molecule has 9 aromatic carbocycles. The highest BCUT2D eigenvalue weighted by Crippen LogP contribution is 2.50. The van der Waals surface area contributed by atoms with Gasteiger partial charge >= 0.3 is 0 Å². The van der Waals surface area contributed by atoms with E-state index < -0.39 is 5.66 Å². The molecule has 0 aromatic heterocycles. The lowest BCUT2D eigenvalue weighted by Crippen LogP contribution is -2.50. The van der Waals surface area contributed by atoms with Crippen molar-refractivity contribution in [3.05, 3.63) is 217 Å². The summed E-state index contributed by atoms with van der Waals surface area (Å²) in [5.74, 6) is -0.158. The Bertz CT molecular complexity index is 2980. The topological polar surface area (TPSA) is 52.0 Å². The molecule has 4 N–H and O–H groups in total. The third-order valence-corrected chi connectivity index (χ3v) is 11.2. The lowest BCUT2D eigenvalue weighted by Gasteiger charge is -2.36. The summed E-state index contributed by atoms with van der Waals surface area (Å²) in [5, 5.41) is 9.56. The van der Waals surface area contributed by atoms with Crippen molar-refractivity contribution < 1.29 is 0 Å². The van der Waals surface area contributed by atoms with Crippen molar-refractivity contribution in [2.24, 2.45) is 11.5 Å². The Morgan fingerprint density at radius 3 is 1.35 bits per heavy atom. The zero-order chi connectivity index (χ0) is 36.2. The van der Waals surface area contributed by atoms with Gasteiger partial charge in [-0.2, -0.15) is 0 Å². The van der Waals surface area contributed by atoms with Crippen molar-refractivity contribution in [1.82, 2.24) is 0 Å². The minimum absolute atomic E-state index is 0.158. The second-order valence-electron chi connectivity index (χ2n) is 14.6. The molecule has 0 radical (unpaired) electrons. The summed E-state index contributed by atoms with van der Waals surface area (Å²) < 4.78 is 0. The summed E-state index contributed by atoms with van der Waals surface area (Å²) in [6, 6.07) is 68.0. The number of allylic oxidation sites excluding steroid dienone is 2. The SMILES string of the molecule is NC1(N)C=CC(c2cccc(-c3ccc4ccccc4c3)c2-c2ccc3ccccc3c2)C(c2ccc3ccccc3c2)=C1c1ccc2ccccc2c1. The van der Waals surface area contributed by atoms with E-state index >= 15 is 0 Å². The Morgan fingerprint density at radius 1 is 0.370 bits per heavy atom. The van der Waals surface area contributed by atoms with Crippen LogP contribution in [0.3, 0.4) is 0 Å². The van der Waals surface area contributed by atoms with Crippen LogP contribution >= 0.6 is 0 Å². The van der Waals surface area contributed by atoms with Gasteiger partial charge in [0.2, 0.25) is 0 Å². The molecule has 0 fully saturated rings. The number of rotatable bonds is 5. The lowest BCUT2D eigenvalue weighted by atomic mass is 9.71. The monoisotopic (exact) mass is 690 g/mol. The molecule has 2 nitrogen and oxygen atoms in total. The molecule has 0 bridgehead atoms. The predicted octanol–water partition coefficient (Wildman–Crippen LogP) is 12.5. The first-order valence-corrected chi connectivity index (χ1v) is 18.6. The molecule has 0 aliphatic heterocycles. The maximum absolute atomic E-state index is 7.20. The third kappa shape index (κ3) is 5.52. The van der Waals surface area contributed by atoms with Gasteiger partial charge < -0.3 is 11.5 Å². The van der Waals surface area contributed by atoms with Crippen molar-refractivity contribution in [2.45, 2.75) is 11.6 Å². The van der Waals surface area contributed by atoms with Crippen LogP contribution in [0.25, 0.3) is 76.5 Å². The Balaban J connectivity index is 1.28. The lowest BCUT2D eigenvalue weighted by molar-refractivity contribution is 0.701. The Hall–Kier alpha value is -6.58. The standard InChI is InChI=1S/C52H38N2/c53-52(54)29-28-48(50(44-26-22-36-12-3-7-16-40(36)32-44)51(52)45-27-23-37-13-4-8-17-41(37)33-45)47-19-9-18-46(42-24-20-34-10-1-5-14-38(34)30-42)49(47)43-25-21-35-11-2-6-15-39(35)31-43/h1-33,48H,53-54H2. The summed E-state index contributed by atoms with van der Waals surface area (Å²) in [4.78, 5) is 0. The summed E-state index contributed by atoms with van der Waals surface area (Å²) in [6.07, 6.45) is 4.25. The predicted molar refractivity (Wildman–Crippen MR) is 230 cm³/mol. The van der Waals surface area contributed by atoms with E-state index in [-0.39, 0.29) is 5.92 Å². The number of hydrogen-bond donors (Lipinski definition) is 2. The minimum Gasteiger partial charge on any atom is -0.306 e. The smallest absolute Gasteiger partial charge is 0.110 e. The molecule has 256 valence electrons. The molecule has 0 saturated carbocycles. The molecular formula is C52H38N2. The van der Waals surface area contributed by atoms with E-state index in [1.165, 1.54) is 65.5 Å². The van der Waals surface area contributed by atoms with E-state index in [1.807, 2.05) is 6.08 Å². The third-order valence-electron chi connectivity index (χ3n) is 11.2. The van der Waals surface area contributed by atoms with E-state index in [0.717, 1.165) is 27.7 Å². The molecule has 1 unspecified atom stereocenters. The molecule has 0 spiro atoms. The van der Waals surface area contributed by atoms with Crippen molar-refractivity contribution in [1.29, 1.82) is 0 Å². The van der Waals surface area contributed by atoms with Gasteiger partial charge in [-0.3, -0.25) is 0 Å². The largest absolute Gasteiger partial charge is 0.306 e. The first-order chi connectivity index (χ1) is 26.5. The summed E-state index contributed by atoms with van der Waals surface area (Å²) in [5.41, 5.74) is 23.3. The van der Waals surface area contributed by atoms with Crippen LogP contribution in [-0.4, -0.2) is 5.66 Å². The van der Waals surface area contributed by atoms with E-state index in [0.29, 0.717) is 0 Å². The quantitative estimate of drug-likeness (QED) is 0.139. The fourth-order valence-corrected chi connectivity index (χ4v) is 8.61. The van der Waals surface area contributed by atoms with Gasteiger partial charge in [-0.1, -0.05) is 170 Å². The van der Waals surface area contributed by atoms with Crippen LogP contribution < -0.4 is 11.5 Å². The van der Waals surface area contributed by atoms with Crippen LogP contribution in [0, 0.1) is 0 Å². The van der Waals surface area contributed by atoms with Gasteiger partial charge in [0, 0.05) is 11.5 Å². The van der Waals surface area contributed by atoms with E-state index in [4.69, 9.17) is 11.5 Å². The molecule has 0 amide bonds. The molecule has 54 heavy (non-hydrogen) atoms. The van der Waals surface area contributed by atoms with Crippen LogP contribution in [0.4, 0.5) is 0 Å². The molecule has 10 rings (SSSR count). The van der Waals surface area contributed by atoms with Crippen molar-refractivity contribution >= 4 is 54.2 Å². The number of fused-ring (bicyclic) bond motifs is 4. The zero-order valence-electron chi connectivity index (χ0n) is 29.8. The molecule has 0 heterocycles. The maximum atomic E-state index is 7.20. The number of nitrogens with two attached hydrogens (primary N) is 2. The van der Waals surface area contributed by atoms with E-state index in [1.54, 1.807) is 0 Å². The Labute approximate surface area is 315 Å². The average Bonchev–Trinajstić information content (AvgIpc) is 3.22. The van der Waals surface area contributed by atoms with Crippen LogP contribution in [-0.2, 0) is 0 Å². The first-order valence-electron chi connectivity index (χ1n) is 18.6. The van der Waals surface area contributed by atoms with Gasteiger partial charge in [0.25, 0.3) is 0 Å². The molecule has 9 aromatic rings. The molecule has 1 atom stereocenters. The second-order valence-corrected chi connectivity index (χ2v) is 14.6. The van der Waals surface area contributed by atoms with Gasteiger partial charge in [-0.05, 0) is 118 Å². The Kier molecular flexibility index (Phi) is 7.62. The molecule has 1 aliphatic rings. The highest BCUT2D eigenvalue weighted by Gasteiger charge is 2.36. The van der Waals surface area contributed by atoms with Crippen LogP contribution in [0.5, 0.6) is 0 Å².